The first kappa shape index (κ1) is 25.5. The van der Waals surface area contributed by atoms with E-state index >= 15 is 0 Å². The summed E-state index contributed by atoms with van der Waals surface area (Å²) in [6, 6.07) is 18.6. The Morgan fingerprint density at radius 3 is 2.76 bits per heavy atom. The van der Waals surface area contributed by atoms with Gasteiger partial charge in [0, 0.05) is 9.86 Å². The maximum atomic E-state index is 13.5. The number of para-hydroxylation sites is 1. The van der Waals surface area contributed by atoms with Crippen molar-refractivity contribution in [1.29, 1.82) is 0 Å². The molecule has 0 radical (unpaired) electrons. The number of rotatable bonds is 7. The molecule has 0 unspecified atom stereocenters. The molecule has 2 heterocycles. The molecular formula is C28H23BrIN3O4. The molecule has 0 N–H and O–H groups in total. The number of fused-ring (bicyclic) bond motifs is 2. The van der Waals surface area contributed by atoms with Crippen molar-refractivity contribution < 1.29 is 13.9 Å². The van der Waals surface area contributed by atoms with Gasteiger partial charge >= 0.3 is 0 Å². The number of halogens is 2. The van der Waals surface area contributed by atoms with Crippen LogP contribution in [0, 0.1) is 3.57 Å². The summed E-state index contributed by atoms with van der Waals surface area (Å²) < 4.78 is 21.0. The molecule has 0 saturated heterocycles. The number of benzene rings is 3. The van der Waals surface area contributed by atoms with Gasteiger partial charge in [0.2, 0.25) is 5.82 Å². The minimum Gasteiger partial charge on any atom is -0.490 e. The van der Waals surface area contributed by atoms with E-state index in [1.807, 2.05) is 69.3 Å². The van der Waals surface area contributed by atoms with E-state index < -0.39 is 0 Å². The molecule has 5 aromatic rings. The molecule has 3 aromatic carbocycles. The van der Waals surface area contributed by atoms with E-state index in [0.717, 1.165) is 19.0 Å². The van der Waals surface area contributed by atoms with Crippen molar-refractivity contribution in [1.82, 2.24) is 9.66 Å². The molecular weight excluding hydrogens is 649 g/mol. The molecule has 0 atom stereocenters. The fourth-order valence-corrected chi connectivity index (χ4v) is 5.05. The summed E-state index contributed by atoms with van der Waals surface area (Å²) in [5, 5.41) is 5.92. The molecule has 188 valence electrons. The van der Waals surface area contributed by atoms with Crippen LogP contribution in [0.1, 0.15) is 26.3 Å². The summed E-state index contributed by atoms with van der Waals surface area (Å²) in [7, 11) is 0. The van der Waals surface area contributed by atoms with E-state index in [9.17, 15) is 4.79 Å². The maximum absolute atomic E-state index is 13.5. The Balaban J connectivity index is 1.66. The lowest BCUT2D eigenvalue weighted by atomic mass is 10.2. The van der Waals surface area contributed by atoms with Gasteiger partial charge in [-0.3, -0.25) is 4.79 Å². The van der Waals surface area contributed by atoms with E-state index in [1.54, 1.807) is 18.3 Å². The fourth-order valence-electron chi connectivity index (χ4n) is 3.91. The number of hydrogen-bond donors (Lipinski definition) is 0. The van der Waals surface area contributed by atoms with Crippen LogP contribution < -0.4 is 15.0 Å². The van der Waals surface area contributed by atoms with Crippen LogP contribution in [0.3, 0.4) is 0 Å². The molecule has 0 aliphatic rings. The van der Waals surface area contributed by atoms with Crippen LogP contribution in [0.25, 0.3) is 33.5 Å². The van der Waals surface area contributed by atoms with E-state index in [-0.39, 0.29) is 11.7 Å². The second-order valence-electron chi connectivity index (χ2n) is 8.54. The summed E-state index contributed by atoms with van der Waals surface area (Å²) in [5.74, 6) is 2.06. The molecule has 7 nitrogen and oxygen atoms in total. The summed E-state index contributed by atoms with van der Waals surface area (Å²) in [6.45, 7) is 6.36. The number of aromatic nitrogens is 2. The SMILES string of the molecule is CCOc1cc(C=Nn2c(-c3cc4cc(Br)ccc4o3)nc3ccccc3c2=O)cc(I)c1OC(C)C. The second kappa shape index (κ2) is 10.7. The van der Waals surface area contributed by atoms with Gasteiger partial charge in [0.1, 0.15) is 5.58 Å². The van der Waals surface area contributed by atoms with Crippen molar-refractivity contribution in [3.05, 3.63) is 84.6 Å². The van der Waals surface area contributed by atoms with Gasteiger partial charge in [-0.1, -0.05) is 28.1 Å². The molecule has 0 spiro atoms. The first-order valence-corrected chi connectivity index (χ1v) is 13.6. The largest absolute Gasteiger partial charge is 0.490 e. The van der Waals surface area contributed by atoms with Crippen LogP contribution >= 0.6 is 38.5 Å². The van der Waals surface area contributed by atoms with Gasteiger partial charge in [0.15, 0.2) is 17.3 Å². The minimum absolute atomic E-state index is 0.00137. The van der Waals surface area contributed by atoms with E-state index in [0.29, 0.717) is 46.2 Å². The number of nitrogens with zero attached hydrogens (tertiary/aromatic N) is 3. The Hall–Kier alpha value is -3.18. The summed E-state index contributed by atoms with van der Waals surface area (Å²) in [4.78, 5) is 18.3. The topological polar surface area (TPSA) is 78.9 Å². The highest BCUT2D eigenvalue weighted by atomic mass is 127. The quantitative estimate of drug-likeness (QED) is 0.135. The van der Waals surface area contributed by atoms with Crippen LogP contribution in [0.5, 0.6) is 11.5 Å². The average molecular weight is 672 g/mol. The first-order chi connectivity index (χ1) is 17.8. The molecule has 5 rings (SSSR count). The van der Waals surface area contributed by atoms with Crippen molar-refractivity contribution in [2.24, 2.45) is 5.10 Å². The van der Waals surface area contributed by atoms with E-state index in [4.69, 9.17) is 18.9 Å². The standard InChI is InChI=1S/C28H23BrIN3O4/c1-4-35-24-12-17(11-21(30)26(24)36-16(2)3)15-31-33-27(32-22-8-6-5-7-20(22)28(33)34)25-14-18-13-19(29)9-10-23(18)37-25/h5-16H,4H2,1-3H3. The van der Waals surface area contributed by atoms with Crippen LogP contribution in [-0.4, -0.2) is 28.6 Å². The van der Waals surface area contributed by atoms with Gasteiger partial charge in [-0.15, -0.1) is 0 Å². The predicted molar refractivity (Wildman–Crippen MR) is 158 cm³/mol. The molecule has 0 saturated carbocycles. The lowest BCUT2D eigenvalue weighted by molar-refractivity contribution is 0.222. The lowest BCUT2D eigenvalue weighted by Gasteiger charge is -2.16. The van der Waals surface area contributed by atoms with Crippen LogP contribution in [-0.2, 0) is 0 Å². The van der Waals surface area contributed by atoms with Gasteiger partial charge in [-0.25, -0.2) is 4.98 Å². The van der Waals surface area contributed by atoms with Gasteiger partial charge in [0.25, 0.3) is 5.56 Å². The van der Waals surface area contributed by atoms with Gasteiger partial charge in [-0.05, 0) is 97.5 Å². The second-order valence-corrected chi connectivity index (χ2v) is 10.6. The summed E-state index contributed by atoms with van der Waals surface area (Å²) in [6.07, 6.45) is 1.62. The van der Waals surface area contributed by atoms with Gasteiger partial charge < -0.3 is 13.9 Å². The van der Waals surface area contributed by atoms with E-state index in [2.05, 4.69) is 43.6 Å². The zero-order valence-electron chi connectivity index (χ0n) is 20.4. The zero-order chi connectivity index (χ0) is 26.1. The minimum atomic E-state index is -0.294. The average Bonchev–Trinajstić information content (AvgIpc) is 3.28. The maximum Gasteiger partial charge on any atom is 0.282 e. The Bertz CT molecular complexity index is 1710. The summed E-state index contributed by atoms with van der Waals surface area (Å²) in [5.41, 5.74) is 1.72. The Morgan fingerprint density at radius 2 is 1.97 bits per heavy atom. The molecule has 0 fully saturated rings. The third-order valence-corrected chi connectivity index (χ3v) is 6.75. The van der Waals surface area contributed by atoms with Gasteiger partial charge in [-0.2, -0.15) is 9.78 Å². The van der Waals surface area contributed by atoms with Crippen molar-refractivity contribution in [3.63, 3.8) is 0 Å². The molecule has 0 aliphatic carbocycles. The molecule has 2 aromatic heterocycles. The smallest absolute Gasteiger partial charge is 0.282 e. The Morgan fingerprint density at radius 1 is 1.16 bits per heavy atom. The monoisotopic (exact) mass is 671 g/mol. The Labute approximate surface area is 235 Å². The van der Waals surface area contributed by atoms with Crippen molar-refractivity contribution in [3.8, 4) is 23.1 Å². The molecule has 0 aliphatic heterocycles. The fraction of sp³-hybridized carbons (Fsp3) is 0.179. The number of ether oxygens (including phenoxy) is 2. The lowest BCUT2D eigenvalue weighted by Crippen LogP contribution is -2.20. The van der Waals surface area contributed by atoms with Crippen LogP contribution in [0.4, 0.5) is 0 Å². The molecule has 0 amide bonds. The number of hydrogen-bond acceptors (Lipinski definition) is 6. The highest BCUT2D eigenvalue weighted by Crippen LogP contribution is 2.35. The van der Waals surface area contributed by atoms with Crippen LogP contribution in [0.15, 0.2) is 79.4 Å². The normalized spacial score (nSPS) is 11.7. The van der Waals surface area contributed by atoms with Crippen molar-refractivity contribution in [2.45, 2.75) is 26.9 Å². The van der Waals surface area contributed by atoms with Gasteiger partial charge in [0.05, 0.1) is 33.4 Å². The third-order valence-electron chi connectivity index (χ3n) is 5.46. The highest BCUT2D eigenvalue weighted by molar-refractivity contribution is 14.1. The third kappa shape index (κ3) is 5.28. The predicted octanol–water partition coefficient (Wildman–Crippen LogP) is 7.24. The molecule has 9 heteroatoms. The Kier molecular flexibility index (Phi) is 7.34. The first-order valence-electron chi connectivity index (χ1n) is 11.7. The molecule has 37 heavy (non-hydrogen) atoms. The summed E-state index contributed by atoms with van der Waals surface area (Å²) >= 11 is 5.71. The van der Waals surface area contributed by atoms with E-state index in [1.165, 1.54) is 4.68 Å². The van der Waals surface area contributed by atoms with Crippen LogP contribution in [0.2, 0.25) is 0 Å². The molecule has 0 bridgehead atoms. The zero-order valence-corrected chi connectivity index (χ0v) is 24.1. The van der Waals surface area contributed by atoms with Crippen molar-refractivity contribution >= 4 is 66.6 Å². The highest BCUT2D eigenvalue weighted by Gasteiger charge is 2.17. The number of furan rings is 1. The van der Waals surface area contributed by atoms with Crippen molar-refractivity contribution in [2.75, 3.05) is 6.61 Å².